The number of nitrogens with one attached hydrogen (secondary N) is 2. The molecule has 0 aliphatic carbocycles. The fourth-order valence-corrected chi connectivity index (χ4v) is 3.88. The van der Waals surface area contributed by atoms with Crippen LogP contribution < -0.4 is 11.1 Å². The average molecular weight is 436 g/mol. The van der Waals surface area contributed by atoms with Gasteiger partial charge in [0.05, 0.1) is 23.7 Å². The number of anilines is 2. The Balaban J connectivity index is 2.27. The normalized spacial score (nSPS) is 15.6. The highest BCUT2D eigenvalue weighted by Gasteiger charge is 2.26. The van der Waals surface area contributed by atoms with E-state index in [-0.39, 0.29) is 24.2 Å². The summed E-state index contributed by atoms with van der Waals surface area (Å²) in [6.45, 7) is 12.0. The van der Waals surface area contributed by atoms with Gasteiger partial charge in [-0.3, -0.25) is 4.99 Å². The predicted octanol–water partition coefficient (Wildman–Crippen LogP) is 4.73. The van der Waals surface area contributed by atoms with Gasteiger partial charge >= 0.3 is 5.97 Å². The van der Waals surface area contributed by atoms with E-state index in [1.807, 2.05) is 19.1 Å². The van der Waals surface area contributed by atoms with Gasteiger partial charge in [0.15, 0.2) is 5.69 Å². The molecule has 1 aliphatic rings. The Morgan fingerprint density at radius 3 is 2.81 bits per heavy atom. The molecule has 8 heteroatoms. The van der Waals surface area contributed by atoms with E-state index in [1.54, 1.807) is 6.92 Å². The van der Waals surface area contributed by atoms with Crippen molar-refractivity contribution in [2.45, 2.75) is 39.3 Å². The van der Waals surface area contributed by atoms with E-state index in [0.29, 0.717) is 34.7 Å². The summed E-state index contributed by atoms with van der Waals surface area (Å²) in [5, 5.41) is 11.6. The van der Waals surface area contributed by atoms with Gasteiger partial charge in [0, 0.05) is 29.6 Å². The summed E-state index contributed by atoms with van der Waals surface area (Å²) in [5.74, 6) is -0.635. The topological polar surface area (TPSA) is 123 Å². The molecule has 1 saturated heterocycles. The summed E-state index contributed by atoms with van der Waals surface area (Å²) < 4.78 is 11.0. The van der Waals surface area contributed by atoms with Gasteiger partial charge in [0.25, 0.3) is 0 Å². The van der Waals surface area contributed by atoms with E-state index in [0.717, 1.165) is 30.5 Å². The maximum Gasteiger partial charge on any atom is 0.359 e. The Labute approximate surface area is 188 Å². The number of ether oxygens (including phenoxy) is 2. The molecule has 1 fully saturated rings. The quantitative estimate of drug-likeness (QED) is 0.407. The molecule has 1 unspecified atom stereocenters. The number of nitrogens with zero attached hydrogens (tertiary/aromatic N) is 2. The van der Waals surface area contributed by atoms with Crippen LogP contribution in [-0.4, -0.2) is 43.3 Å². The lowest BCUT2D eigenvalue weighted by Crippen LogP contribution is -2.27. The summed E-state index contributed by atoms with van der Waals surface area (Å²) >= 11 is 0. The number of nitrogen functional groups attached to an aromatic ring is 1. The summed E-state index contributed by atoms with van der Waals surface area (Å²) in [5.41, 5.74) is 10.6. The van der Waals surface area contributed by atoms with Crippen LogP contribution in [0.3, 0.4) is 0 Å². The van der Waals surface area contributed by atoms with Crippen molar-refractivity contribution in [3.05, 3.63) is 41.2 Å². The van der Waals surface area contributed by atoms with Crippen molar-refractivity contribution < 1.29 is 14.3 Å². The fourth-order valence-electron chi connectivity index (χ4n) is 3.88. The lowest BCUT2D eigenvalue weighted by Gasteiger charge is -2.26. The monoisotopic (exact) mass is 435 g/mol. The first kappa shape index (κ1) is 23.1. The Morgan fingerprint density at radius 1 is 1.44 bits per heavy atom. The summed E-state index contributed by atoms with van der Waals surface area (Å²) in [4.78, 5) is 21.0. The van der Waals surface area contributed by atoms with Crippen molar-refractivity contribution in [2.75, 3.05) is 24.3 Å². The second kappa shape index (κ2) is 10.2. The van der Waals surface area contributed by atoms with Crippen molar-refractivity contribution in [3.8, 4) is 11.1 Å². The fraction of sp³-hybridized carbons (Fsp3) is 0.333. The molecule has 1 aliphatic heterocycles. The van der Waals surface area contributed by atoms with E-state index in [4.69, 9.17) is 20.6 Å². The number of aliphatic imine (C=N–C) groups is 1. The van der Waals surface area contributed by atoms with Crippen LogP contribution in [0, 0.1) is 12.3 Å². The number of carbonyl (C=O) groups is 1. The molecular weight excluding hydrogens is 406 g/mol. The second-order valence-electron chi connectivity index (χ2n) is 7.43. The second-order valence-corrected chi connectivity index (χ2v) is 7.43. The van der Waals surface area contributed by atoms with Gasteiger partial charge in [-0.2, -0.15) is 0 Å². The summed E-state index contributed by atoms with van der Waals surface area (Å²) in [6, 6.07) is 3.84. The molecule has 1 atom stereocenters. The Kier molecular flexibility index (Phi) is 7.37. The molecule has 168 valence electrons. The zero-order valence-electron chi connectivity index (χ0n) is 18.5. The predicted molar refractivity (Wildman–Crippen MR) is 129 cm³/mol. The lowest BCUT2D eigenvalue weighted by atomic mass is 9.90. The SMILES string of the molecule is C=Cc1nc(C(=O)OCC)c(N)c(-c2c(C)ccc(NC3CCCCO3)c2C=N)c1N=C. The number of nitrogens with two attached hydrogens (primary N) is 1. The Hall–Kier alpha value is -3.52. The smallest absolute Gasteiger partial charge is 0.359 e. The highest BCUT2D eigenvalue weighted by Crippen LogP contribution is 2.44. The zero-order chi connectivity index (χ0) is 23.3. The molecule has 8 nitrogen and oxygen atoms in total. The lowest BCUT2D eigenvalue weighted by molar-refractivity contribution is 0.0343. The van der Waals surface area contributed by atoms with Gasteiger partial charge in [0.2, 0.25) is 0 Å². The number of hydrogen-bond acceptors (Lipinski definition) is 8. The maximum absolute atomic E-state index is 12.6. The third-order valence-electron chi connectivity index (χ3n) is 5.40. The number of aryl methyl sites for hydroxylation is 1. The van der Waals surface area contributed by atoms with Crippen molar-refractivity contribution in [3.63, 3.8) is 0 Å². The van der Waals surface area contributed by atoms with E-state index in [1.165, 1.54) is 12.3 Å². The van der Waals surface area contributed by atoms with Gasteiger partial charge in [-0.25, -0.2) is 9.78 Å². The van der Waals surface area contributed by atoms with Gasteiger partial charge in [-0.15, -0.1) is 0 Å². The van der Waals surface area contributed by atoms with E-state index in [9.17, 15) is 4.79 Å². The van der Waals surface area contributed by atoms with Crippen molar-refractivity contribution >= 4 is 42.0 Å². The van der Waals surface area contributed by atoms with Gasteiger partial charge in [-0.05, 0) is 63.1 Å². The third kappa shape index (κ3) is 4.40. The van der Waals surface area contributed by atoms with E-state index < -0.39 is 5.97 Å². The van der Waals surface area contributed by atoms with Crippen LogP contribution in [-0.2, 0) is 9.47 Å². The number of rotatable bonds is 8. The molecule has 1 aromatic carbocycles. The number of carbonyl (C=O) groups excluding carboxylic acids is 1. The first-order chi connectivity index (χ1) is 15.5. The molecule has 4 N–H and O–H groups in total. The van der Waals surface area contributed by atoms with Crippen molar-refractivity contribution in [1.82, 2.24) is 4.98 Å². The molecule has 2 heterocycles. The standard InChI is InChI=1S/C24H29N5O3/c1-5-16-22(27-4)20(21(26)23(29-16)24(30)31-6-2)19-14(3)10-11-17(15(19)13-25)28-18-9-7-8-12-32-18/h5,10-11,13,18,25,28H,1,4,6-9,12,26H2,2-3H3. The number of aromatic nitrogens is 1. The summed E-state index contributed by atoms with van der Waals surface area (Å²) in [7, 11) is 0. The highest BCUT2D eigenvalue weighted by molar-refractivity contribution is 6.07. The van der Waals surface area contributed by atoms with Crippen LogP contribution in [0.15, 0.2) is 23.7 Å². The van der Waals surface area contributed by atoms with Crippen LogP contribution in [0.2, 0.25) is 0 Å². The highest BCUT2D eigenvalue weighted by atomic mass is 16.5. The molecule has 32 heavy (non-hydrogen) atoms. The molecule has 2 aromatic rings. The minimum atomic E-state index is -0.635. The van der Waals surface area contributed by atoms with Crippen LogP contribution in [0.25, 0.3) is 17.2 Å². The molecule has 0 amide bonds. The summed E-state index contributed by atoms with van der Waals surface area (Å²) in [6.07, 6.45) is 5.61. The third-order valence-corrected chi connectivity index (χ3v) is 5.40. The first-order valence-electron chi connectivity index (χ1n) is 10.6. The minimum Gasteiger partial charge on any atom is -0.461 e. The first-order valence-corrected chi connectivity index (χ1v) is 10.6. The molecule has 0 radical (unpaired) electrons. The zero-order valence-corrected chi connectivity index (χ0v) is 18.5. The van der Waals surface area contributed by atoms with Crippen LogP contribution >= 0.6 is 0 Å². The average Bonchev–Trinajstić information content (AvgIpc) is 2.80. The molecule has 1 aromatic heterocycles. The van der Waals surface area contributed by atoms with E-state index >= 15 is 0 Å². The Bertz CT molecular complexity index is 1060. The maximum atomic E-state index is 12.6. The number of pyridine rings is 1. The molecule has 0 spiro atoms. The van der Waals surface area contributed by atoms with Gasteiger partial charge in [-0.1, -0.05) is 12.6 Å². The number of esters is 1. The molecular formula is C24H29N5O3. The largest absolute Gasteiger partial charge is 0.461 e. The minimum absolute atomic E-state index is 0.0199. The van der Waals surface area contributed by atoms with E-state index in [2.05, 4.69) is 28.6 Å². The van der Waals surface area contributed by atoms with Crippen molar-refractivity contribution in [1.29, 1.82) is 5.41 Å². The Morgan fingerprint density at radius 2 is 2.22 bits per heavy atom. The number of hydrogen-bond donors (Lipinski definition) is 3. The van der Waals surface area contributed by atoms with Crippen LogP contribution in [0.5, 0.6) is 0 Å². The van der Waals surface area contributed by atoms with Gasteiger partial charge < -0.3 is 25.9 Å². The van der Waals surface area contributed by atoms with Gasteiger partial charge in [0.1, 0.15) is 6.23 Å². The molecule has 0 bridgehead atoms. The van der Waals surface area contributed by atoms with Crippen LogP contribution in [0.4, 0.5) is 17.1 Å². The molecule has 3 rings (SSSR count). The van der Waals surface area contributed by atoms with Crippen LogP contribution in [0.1, 0.15) is 53.5 Å². The number of benzene rings is 1. The molecule has 0 saturated carbocycles. The van der Waals surface area contributed by atoms with Crippen molar-refractivity contribution in [2.24, 2.45) is 4.99 Å².